The van der Waals surface area contributed by atoms with Crippen LogP contribution in [0.5, 0.6) is 0 Å². The van der Waals surface area contributed by atoms with Crippen molar-refractivity contribution < 1.29 is 0 Å². The maximum absolute atomic E-state index is 5.25. The molecule has 1 aliphatic rings. The maximum Gasteiger partial charge on any atom is 0.159 e. The third kappa shape index (κ3) is 5.58. The normalized spacial score (nSPS) is 14.2. The van der Waals surface area contributed by atoms with Gasteiger partial charge in [0.05, 0.1) is 11.0 Å². The fraction of sp³-hybridized carbons (Fsp3) is 0.0204. The number of fused-ring (bicyclic) bond motifs is 4. The van der Waals surface area contributed by atoms with E-state index in [0.717, 1.165) is 39.3 Å². The molecule has 0 spiro atoms. The lowest BCUT2D eigenvalue weighted by molar-refractivity contribution is 0.676. The minimum atomic E-state index is -0.353. The number of nitrogens with zero attached hydrogens (tertiary/aromatic N) is 3. The molecule has 0 aliphatic carbocycles. The summed E-state index contributed by atoms with van der Waals surface area (Å²) < 4.78 is 2.39. The second-order valence-electron chi connectivity index (χ2n) is 13.5. The van der Waals surface area contributed by atoms with Crippen molar-refractivity contribution in [3.63, 3.8) is 0 Å². The summed E-state index contributed by atoms with van der Waals surface area (Å²) in [5.41, 5.74) is 11.2. The second kappa shape index (κ2) is 12.9. The molecule has 1 aliphatic heterocycles. The lowest BCUT2D eigenvalue weighted by Gasteiger charge is -2.25. The summed E-state index contributed by atoms with van der Waals surface area (Å²) >= 11 is 0. The number of nitrogens with one attached hydrogen (secondary N) is 1. The molecule has 250 valence electrons. The van der Waals surface area contributed by atoms with Crippen LogP contribution >= 0.6 is 0 Å². The molecule has 2 heterocycles. The summed E-state index contributed by atoms with van der Waals surface area (Å²) in [6.07, 6.45) is -0.353. The third-order valence-corrected chi connectivity index (χ3v) is 10.2. The lowest BCUT2D eigenvalue weighted by Crippen LogP contribution is -2.33. The van der Waals surface area contributed by atoms with E-state index in [9.17, 15) is 0 Å². The number of amidine groups is 2. The van der Waals surface area contributed by atoms with Crippen LogP contribution in [0.2, 0.25) is 0 Å². The van der Waals surface area contributed by atoms with Gasteiger partial charge in [0.2, 0.25) is 0 Å². The number of rotatable bonds is 6. The van der Waals surface area contributed by atoms with Crippen molar-refractivity contribution in [2.75, 3.05) is 0 Å². The average molecular weight is 679 g/mol. The molecule has 0 saturated carbocycles. The highest BCUT2D eigenvalue weighted by Crippen LogP contribution is 2.37. The highest BCUT2D eigenvalue weighted by atomic mass is 15.2. The summed E-state index contributed by atoms with van der Waals surface area (Å²) in [6, 6.07) is 68.8. The van der Waals surface area contributed by atoms with Crippen LogP contribution in [0.25, 0.3) is 60.5 Å². The molecule has 0 radical (unpaired) electrons. The van der Waals surface area contributed by atoms with Gasteiger partial charge in [-0.25, -0.2) is 9.98 Å². The first-order valence-electron chi connectivity index (χ1n) is 18.0. The van der Waals surface area contributed by atoms with Crippen molar-refractivity contribution in [1.29, 1.82) is 0 Å². The zero-order valence-corrected chi connectivity index (χ0v) is 28.9. The van der Waals surface area contributed by atoms with E-state index in [1.165, 1.54) is 43.7 Å². The predicted octanol–water partition coefficient (Wildman–Crippen LogP) is 11.8. The van der Waals surface area contributed by atoms with Crippen LogP contribution in [0.4, 0.5) is 0 Å². The topological polar surface area (TPSA) is 41.7 Å². The van der Waals surface area contributed by atoms with Gasteiger partial charge in [-0.1, -0.05) is 158 Å². The van der Waals surface area contributed by atoms with Gasteiger partial charge in [0, 0.05) is 33.2 Å². The lowest BCUT2D eigenvalue weighted by atomic mass is 9.96. The molecule has 1 unspecified atom stereocenters. The minimum Gasteiger partial charge on any atom is -0.344 e. The van der Waals surface area contributed by atoms with Crippen molar-refractivity contribution in [3.05, 3.63) is 211 Å². The van der Waals surface area contributed by atoms with E-state index in [4.69, 9.17) is 9.98 Å². The van der Waals surface area contributed by atoms with E-state index in [0.29, 0.717) is 5.84 Å². The van der Waals surface area contributed by atoms with Gasteiger partial charge in [0.15, 0.2) is 5.84 Å². The predicted molar refractivity (Wildman–Crippen MR) is 221 cm³/mol. The first kappa shape index (κ1) is 30.8. The molecule has 4 heteroatoms. The molecule has 0 amide bonds. The molecule has 53 heavy (non-hydrogen) atoms. The summed E-state index contributed by atoms with van der Waals surface area (Å²) in [4.78, 5) is 10.3. The van der Waals surface area contributed by atoms with E-state index in [1.54, 1.807) is 0 Å². The third-order valence-electron chi connectivity index (χ3n) is 10.2. The molecular formula is C49H34N4. The molecule has 1 aromatic heterocycles. The van der Waals surface area contributed by atoms with E-state index >= 15 is 0 Å². The first-order chi connectivity index (χ1) is 26.3. The molecule has 9 aromatic rings. The fourth-order valence-corrected chi connectivity index (χ4v) is 7.68. The number of para-hydroxylation sites is 1. The van der Waals surface area contributed by atoms with Crippen LogP contribution in [0, 0.1) is 0 Å². The Hall–Kier alpha value is -7.04. The largest absolute Gasteiger partial charge is 0.344 e. The van der Waals surface area contributed by atoms with Gasteiger partial charge in [0.1, 0.15) is 12.0 Å². The maximum atomic E-state index is 5.25. The van der Waals surface area contributed by atoms with E-state index < -0.39 is 0 Å². The smallest absolute Gasteiger partial charge is 0.159 e. The number of hydrogen-bond donors (Lipinski definition) is 1. The minimum absolute atomic E-state index is 0.353. The van der Waals surface area contributed by atoms with Gasteiger partial charge in [-0.05, 0) is 69.4 Å². The van der Waals surface area contributed by atoms with Gasteiger partial charge in [-0.3, -0.25) is 0 Å². The van der Waals surface area contributed by atoms with E-state index in [2.05, 4.69) is 186 Å². The van der Waals surface area contributed by atoms with Gasteiger partial charge >= 0.3 is 0 Å². The molecular weight excluding hydrogens is 645 g/mol. The summed E-state index contributed by atoms with van der Waals surface area (Å²) in [5, 5.41) is 8.58. The van der Waals surface area contributed by atoms with Crippen molar-refractivity contribution in [3.8, 4) is 27.9 Å². The molecule has 1 N–H and O–H groups in total. The average Bonchev–Trinajstić information content (AvgIpc) is 3.58. The molecule has 0 fully saturated rings. The van der Waals surface area contributed by atoms with Crippen LogP contribution in [0.3, 0.4) is 0 Å². The molecule has 4 nitrogen and oxygen atoms in total. The Morgan fingerprint density at radius 3 is 1.98 bits per heavy atom. The van der Waals surface area contributed by atoms with Gasteiger partial charge in [-0.2, -0.15) is 0 Å². The Morgan fingerprint density at radius 1 is 0.434 bits per heavy atom. The number of aromatic nitrogens is 1. The van der Waals surface area contributed by atoms with Crippen molar-refractivity contribution in [2.24, 2.45) is 9.98 Å². The zero-order chi connectivity index (χ0) is 35.1. The highest BCUT2D eigenvalue weighted by Gasteiger charge is 2.24. The number of hydrogen-bond acceptors (Lipinski definition) is 3. The monoisotopic (exact) mass is 678 g/mol. The van der Waals surface area contributed by atoms with Crippen LogP contribution in [0.15, 0.2) is 204 Å². The van der Waals surface area contributed by atoms with Crippen LogP contribution in [-0.4, -0.2) is 16.2 Å². The van der Waals surface area contributed by atoms with Gasteiger partial charge in [0.25, 0.3) is 0 Å². The van der Waals surface area contributed by atoms with E-state index in [1.807, 2.05) is 18.2 Å². The Morgan fingerprint density at radius 2 is 1.11 bits per heavy atom. The van der Waals surface area contributed by atoms with Crippen molar-refractivity contribution in [1.82, 2.24) is 9.88 Å². The quantitative estimate of drug-likeness (QED) is 0.187. The molecule has 0 bridgehead atoms. The Kier molecular flexibility index (Phi) is 7.51. The standard InChI is InChI=1S/C49H34N4/c1-3-14-33(15-4-1)37-28-29-46-44(32-37)42-23-11-12-25-45(42)53(46)40-21-13-20-38(31-40)41-22-9-10-24-43(41)49-51-47(35-17-5-2-6-18-35)50-48(52-49)39-27-26-34-16-7-8-19-36(34)30-39/h1-32,49H,(H,50,51,52). The molecule has 1 atom stereocenters. The number of aliphatic imine (C=N–C) groups is 2. The van der Waals surface area contributed by atoms with Crippen LogP contribution < -0.4 is 5.32 Å². The number of benzene rings is 8. The first-order valence-corrected chi connectivity index (χ1v) is 18.0. The zero-order valence-electron chi connectivity index (χ0n) is 28.9. The fourth-order valence-electron chi connectivity index (χ4n) is 7.68. The van der Waals surface area contributed by atoms with Gasteiger partial charge in [-0.15, -0.1) is 0 Å². The van der Waals surface area contributed by atoms with E-state index in [-0.39, 0.29) is 6.17 Å². The van der Waals surface area contributed by atoms with Gasteiger partial charge < -0.3 is 9.88 Å². The summed E-state index contributed by atoms with van der Waals surface area (Å²) in [7, 11) is 0. The highest BCUT2D eigenvalue weighted by molar-refractivity contribution is 6.14. The van der Waals surface area contributed by atoms with Crippen molar-refractivity contribution >= 4 is 44.2 Å². The molecule has 8 aromatic carbocycles. The van der Waals surface area contributed by atoms with Crippen LogP contribution in [-0.2, 0) is 0 Å². The van der Waals surface area contributed by atoms with Crippen LogP contribution in [0.1, 0.15) is 22.9 Å². The second-order valence-corrected chi connectivity index (χ2v) is 13.5. The Balaban J connectivity index is 1.08. The Labute approximate surface area is 308 Å². The Bertz CT molecular complexity index is 2870. The summed E-state index contributed by atoms with van der Waals surface area (Å²) in [5.74, 6) is 1.51. The van der Waals surface area contributed by atoms with Crippen molar-refractivity contribution in [2.45, 2.75) is 6.17 Å². The SMILES string of the molecule is c1ccc(C2=NC(c3ccccc3-c3cccc(-n4c5ccccc5c5cc(-c6ccccc6)ccc54)c3)NC(c3ccc4ccccc4c3)=N2)cc1. The summed E-state index contributed by atoms with van der Waals surface area (Å²) in [6.45, 7) is 0. The molecule has 0 saturated heterocycles. The molecule has 10 rings (SSSR count).